The van der Waals surface area contributed by atoms with Crippen molar-refractivity contribution < 1.29 is 29.0 Å². The summed E-state index contributed by atoms with van der Waals surface area (Å²) in [5.74, 6) is -3.07. The van der Waals surface area contributed by atoms with E-state index in [4.69, 9.17) is 9.47 Å². The number of carboxylic acid groups (broad SMARTS) is 1. The van der Waals surface area contributed by atoms with Gasteiger partial charge in [0.1, 0.15) is 6.10 Å². The third kappa shape index (κ3) is 16.4. The first-order valence-electron chi connectivity index (χ1n) is 15.7. The molecular formula is C32H58N2O6. The Morgan fingerprint density at radius 2 is 1.45 bits per heavy atom. The van der Waals surface area contributed by atoms with Crippen LogP contribution in [0.1, 0.15) is 131 Å². The van der Waals surface area contributed by atoms with Crippen molar-refractivity contribution in [3.8, 4) is 0 Å². The number of carbonyl (C=O) groups is 3. The van der Waals surface area contributed by atoms with Gasteiger partial charge in [0.15, 0.2) is 5.79 Å². The predicted octanol–water partition coefficient (Wildman–Crippen LogP) is 6.52. The van der Waals surface area contributed by atoms with Crippen LogP contribution in [0.2, 0.25) is 0 Å². The van der Waals surface area contributed by atoms with E-state index in [1.54, 1.807) is 13.8 Å². The first-order chi connectivity index (χ1) is 19.0. The van der Waals surface area contributed by atoms with E-state index in [2.05, 4.69) is 29.7 Å². The van der Waals surface area contributed by atoms with E-state index in [1.807, 2.05) is 13.8 Å². The summed E-state index contributed by atoms with van der Waals surface area (Å²) in [6.07, 6.45) is 20.4. The summed E-state index contributed by atoms with van der Waals surface area (Å²) in [5, 5.41) is 15.1. The lowest BCUT2D eigenvalue weighted by atomic mass is 9.85. The fraction of sp³-hybridized carbons (Fsp3) is 0.844. The van der Waals surface area contributed by atoms with Gasteiger partial charge in [-0.2, -0.15) is 0 Å². The third-order valence-electron chi connectivity index (χ3n) is 7.49. The Morgan fingerprint density at radius 3 is 2.05 bits per heavy atom. The Bertz CT molecular complexity index is 765. The van der Waals surface area contributed by atoms with Crippen molar-refractivity contribution >= 4 is 17.8 Å². The number of carboxylic acids is 1. The Balaban J connectivity index is 2.12. The summed E-state index contributed by atoms with van der Waals surface area (Å²) in [7, 11) is 0. The molecule has 0 radical (unpaired) electrons. The van der Waals surface area contributed by atoms with Crippen LogP contribution in [-0.4, -0.2) is 54.5 Å². The zero-order valence-corrected chi connectivity index (χ0v) is 26.0. The molecule has 1 rings (SSSR count). The maximum atomic E-state index is 12.8. The van der Waals surface area contributed by atoms with Crippen LogP contribution in [0.3, 0.4) is 0 Å². The topological polar surface area (TPSA) is 114 Å². The van der Waals surface area contributed by atoms with Gasteiger partial charge >= 0.3 is 5.97 Å². The molecule has 2 unspecified atom stereocenters. The van der Waals surface area contributed by atoms with Gasteiger partial charge in [0, 0.05) is 24.9 Å². The summed E-state index contributed by atoms with van der Waals surface area (Å²) >= 11 is 0. The molecule has 232 valence electrons. The summed E-state index contributed by atoms with van der Waals surface area (Å²) in [6, 6.07) is 0. The molecule has 3 N–H and O–H groups in total. The van der Waals surface area contributed by atoms with Crippen molar-refractivity contribution in [3.63, 3.8) is 0 Å². The monoisotopic (exact) mass is 566 g/mol. The van der Waals surface area contributed by atoms with Gasteiger partial charge in [0.25, 0.3) is 0 Å². The molecule has 1 heterocycles. The second-order valence-electron chi connectivity index (χ2n) is 12.4. The molecule has 0 aromatic heterocycles. The lowest BCUT2D eigenvalue weighted by Gasteiger charge is -2.44. The van der Waals surface area contributed by atoms with Gasteiger partial charge in [-0.1, -0.05) is 84.3 Å². The maximum Gasteiger partial charge on any atom is 0.308 e. The van der Waals surface area contributed by atoms with E-state index in [9.17, 15) is 19.5 Å². The Labute approximate surface area is 243 Å². The highest BCUT2D eigenvalue weighted by Crippen LogP contribution is 2.34. The lowest BCUT2D eigenvalue weighted by molar-refractivity contribution is -0.304. The normalized spacial score (nSPS) is 18.9. The minimum absolute atomic E-state index is 0.0184. The summed E-state index contributed by atoms with van der Waals surface area (Å²) < 4.78 is 11.5. The number of carbonyl (C=O) groups excluding carboxylic acids is 2. The average molecular weight is 567 g/mol. The number of rotatable bonds is 22. The molecule has 0 aromatic rings. The fourth-order valence-corrected chi connectivity index (χ4v) is 4.78. The third-order valence-corrected chi connectivity index (χ3v) is 7.49. The van der Waals surface area contributed by atoms with Crippen molar-refractivity contribution in [1.82, 2.24) is 10.6 Å². The van der Waals surface area contributed by atoms with Crippen LogP contribution in [0.5, 0.6) is 0 Å². The fourth-order valence-electron chi connectivity index (χ4n) is 4.78. The number of hydrogen-bond acceptors (Lipinski definition) is 5. The predicted molar refractivity (Wildman–Crippen MR) is 160 cm³/mol. The largest absolute Gasteiger partial charge is 0.481 e. The molecule has 2 amide bonds. The SMILES string of the molecule is CCCCCCCC/C=C\CCCCCCCC(=O)NCCC(CNC(=O)C1OC(C)(C)OCC1(C)C)C(=O)O. The van der Waals surface area contributed by atoms with E-state index in [1.165, 1.54) is 57.8 Å². The van der Waals surface area contributed by atoms with Gasteiger partial charge in [-0.3, -0.25) is 14.4 Å². The highest BCUT2D eigenvalue weighted by atomic mass is 16.7. The van der Waals surface area contributed by atoms with Gasteiger partial charge < -0.3 is 25.2 Å². The Morgan fingerprint density at radius 1 is 0.875 bits per heavy atom. The average Bonchev–Trinajstić information content (AvgIpc) is 2.89. The molecule has 1 saturated heterocycles. The number of hydrogen-bond donors (Lipinski definition) is 3. The molecule has 8 heteroatoms. The van der Waals surface area contributed by atoms with Gasteiger partial charge in [0.05, 0.1) is 12.5 Å². The highest BCUT2D eigenvalue weighted by molar-refractivity contribution is 5.82. The molecule has 8 nitrogen and oxygen atoms in total. The summed E-state index contributed by atoms with van der Waals surface area (Å²) in [5.41, 5.74) is -0.531. The molecule has 2 atom stereocenters. The van der Waals surface area contributed by atoms with E-state index in [-0.39, 0.29) is 31.3 Å². The van der Waals surface area contributed by atoms with Crippen LogP contribution < -0.4 is 10.6 Å². The molecule has 0 saturated carbocycles. The maximum absolute atomic E-state index is 12.8. The molecule has 0 bridgehead atoms. The molecule has 40 heavy (non-hydrogen) atoms. The quantitative estimate of drug-likeness (QED) is 0.101. The minimum atomic E-state index is -1.00. The van der Waals surface area contributed by atoms with Crippen molar-refractivity contribution in [2.45, 2.75) is 143 Å². The van der Waals surface area contributed by atoms with E-state index < -0.39 is 29.2 Å². The summed E-state index contributed by atoms with van der Waals surface area (Å²) in [6.45, 7) is 10.1. The number of amides is 2. The molecular weight excluding hydrogens is 508 g/mol. The van der Waals surface area contributed by atoms with Crippen molar-refractivity contribution in [2.75, 3.05) is 19.7 Å². The molecule has 0 aromatic carbocycles. The first kappa shape index (κ1) is 36.1. The zero-order valence-electron chi connectivity index (χ0n) is 26.0. The van der Waals surface area contributed by atoms with E-state index in [0.717, 1.165) is 25.7 Å². The molecule has 1 fully saturated rings. The van der Waals surface area contributed by atoms with Crippen LogP contribution in [0.15, 0.2) is 12.2 Å². The first-order valence-corrected chi connectivity index (χ1v) is 15.7. The van der Waals surface area contributed by atoms with Crippen LogP contribution in [-0.2, 0) is 23.9 Å². The van der Waals surface area contributed by atoms with Crippen molar-refractivity contribution in [2.24, 2.45) is 11.3 Å². The lowest BCUT2D eigenvalue weighted by Crippen LogP contribution is -2.57. The smallest absolute Gasteiger partial charge is 0.308 e. The number of allylic oxidation sites excluding steroid dienone is 2. The van der Waals surface area contributed by atoms with Crippen LogP contribution in [0.25, 0.3) is 0 Å². The number of aliphatic carboxylic acids is 1. The highest BCUT2D eigenvalue weighted by Gasteiger charge is 2.45. The molecule has 0 spiro atoms. The van der Waals surface area contributed by atoms with Gasteiger partial charge in [-0.15, -0.1) is 0 Å². The molecule has 0 aliphatic carbocycles. The Kier molecular flexibility index (Phi) is 18.1. The minimum Gasteiger partial charge on any atom is -0.481 e. The standard InChI is InChI=1S/C32H58N2O6/c1-6-7-8-9-10-11-12-13-14-15-16-17-18-19-20-21-27(35)33-23-22-26(30(37)38)24-34-29(36)28-31(2,3)25-39-32(4,5)40-28/h13-14,26,28H,6-12,15-25H2,1-5H3,(H,33,35)(H,34,36)(H,37,38)/b14-13-. The zero-order chi connectivity index (χ0) is 29.9. The van der Waals surface area contributed by atoms with Crippen LogP contribution in [0, 0.1) is 11.3 Å². The Hall–Kier alpha value is -1.93. The van der Waals surface area contributed by atoms with Crippen LogP contribution >= 0.6 is 0 Å². The van der Waals surface area contributed by atoms with Gasteiger partial charge in [-0.25, -0.2) is 0 Å². The van der Waals surface area contributed by atoms with Crippen LogP contribution in [0.4, 0.5) is 0 Å². The van der Waals surface area contributed by atoms with E-state index >= 15 is 0 Å². The van der Waals surface area contributed by atoms with Gasteiger partial charge in [0.2, 0.25) is 11.8 Å². The number of nitrogens with one attached hydrogen (secondary N) is 2. The second-order valence-corrected chi connectivity index (χ2v) is 12.4. The number of unbranched alkanes of at least 4 members (excludes halogenated alkanes) is 11. The second kappa shape index (κ2) is 20.0. The van der Waals surface area contributed by atoms with Crippen molar-refractivity contribution in [3.05, 3.63) is 12.2 Å². The van der Waals surface area contributed by atoms with Crippen molar-refractivity contribution in [1.29, 1.82) is 0 Å². The van der Waals surface area contributed by atoms with E-state index in [0.29, 0.717) is 13.0 Å². The number of ether oxygens (including phenoxy) is 2. The molecule has 1 aliphatic rings. The van der Waals surface area contributed by atoms with Gasteiger partial charge in [-0.05, 0) is 52.4 Å². The molecule has 1 aliphatic heterocycles. The summed E-state index contributed by atoms with van der Waals surface area (Å²) in [4.78, 5) is 36.6.